The Labute approximate surface area is 134 Å². The highest BCUT2D eigenvalue weighted by molar-refractivity contribution is 9.10. The van der Waals surface area contributed by atoms with Gasteiger partial charge in [0.05, 0.1) is 23.1 Å². The molecule has 5 heteroatoms. The van der Waals surface area contributed by atoms with Gasteiger partial charge in [0, 0.05) is 23.7 Å². The van der Waals surface area contributed by atoms with Gasteiger partial charge < -0.3 is 10.1 Å². The molecule has 4 nitrogen and oxygen atoms in total. The lowest BCUT2D eigenvalue weighted by atomic mass is 9.83. The smallest absolute Gasteiger partial charge is 0.135 e. The van der Waals surface area contributed by atoms with Gasteiger partial charge in [-0.2, -0.15) is 5.10 Å². The van der Waals surface area contributed by atoms with E-state index >= 15 is 0 Å². The Hall–Kier alpha value is -1.07. The van der Waals surface area contributed by atoms with Crippen LogP contribution in [0.15, 0.2) is 22.8 Å². The van der Waals surface area contributed by atoms with Crippen molar-refractivity contribution in [3.05, 3.63) is 22.8 Å². The molecule has 1 heterocycles. The molecule has 1 N–H and O–H groups in total. The summed E-state index contributed by atoms with van der Waals surface area (Å²) in [5, 5.41) is 9.34. The summed E-state index contributed by atoms with van der Waals surface area (Å²) >= 11 is 3.54. The molecule has 0 radical (unpaired) electrons. The number of ether oxygens (including phenoxy) is 1. The SMILES string of the molecule is CNC1CC[C@@H](n2cc3cc(Br)c(OC)cc3n2)[C@H](C)C1. The predicted octanol–water partition coefficient (Wildman–Crippen LogP) is 3.76. The summed E-state index contributed by atoms with van der Waals surface area (Å²) in [5.41, 5.74) is 0.998. The molecule has 21 heavy (non-hydrogen) atoms. The second-order valence-electron chi connectivity index (χ2n) is 6.00. The van der Waals surface area contributed by atoms with Crippen molar-refractivity contribution in [2.75, 3.05) is 14.2 Å². The molecule has 3 atom stereocenters. The van der Waals surface area contributed by atoms with Crippen LogP contribution in [0, 0.1) is 5.92 Å². The van der Waals surface area contributed by atoms with Crippen LogP contribution in [-0.4, -0.2) is 30.0 Å². The molecule has 0 saturated heterocycles. The van der Waals surface area contributed by atoms with E-state index in [-0.39, 0.29) is 0 Å². The molecule has 0 bridgehead atoms. The number of nitrogens with one attached hydrogen (secondary N) is 1. The number of benzene rings is 1. The third kappa shape index (κ3) is 2.81. The van der Waals surface area contributed by atoms with Crippen LogP contribution in [0.1, 0.15) is 32.2 Å². The Morgan fingerprint density at radius 3 is 2.86 bits per heavy atom. The molecule has 1 saturated carbocycles. The van der Waals surface area contributed by atoms with Gasteiger partial charge in [-0.1, -0.05) is 6.92 Å². The molecule has 0 spiro atoms. The van der Waals surface area contributed by atoms with E-state index in [9.17, 15) is 0 Å². The summed E-state index contributed by atoms with van der Waals surface area (Å²) in [6, 6.07) is 5.23. The summed E-state index contributed by atoms with van der Waals surface area (Å²) in [6.07, 6.45) is 5.78. The molecule has 3 rings (SSSR count). The summed E-state index contributed by atoms with van der Waals surface area (Å²) < 4.78 is 8.49. The van der Waals surface area contributed by atoms with E-state index in [1.807, 2.05) is 6.07 Å². The highest BCUT2D eigenvalue weighted by Crippen LogP contribution is 2.35. The van der Waals surface area contributed by atoms with E-state index < -0.39 is 0 Å². The first-order chi connectivity index (χ1) is 10.1. The molecule has 1 aliphatic rings. The number of methoxy groups -OCH3 is 1. The quantitative estimate of drug-likeness (QED) is 0.914. The summed E-state index contributed by atoms with van der Waals surface area (Å²) in [5.74, 6) is 1.47. The minimum atomic E-state index is 0.492. The van der Waals surface area contributed by atoms with E-state index in [2.05, 4.69) is 52.2 Å². The number of nitrogens with zero attached hydrogens (tertiary/aromatic N) is 2. The number of rotatable bonds is 3. The van der Waals surface area contributed by atoms with Gasteiger partial charge in [-0.3, -0.25) is 4.68 Å². The fraction of sp³-hybridized carbons (Fsp3) is 0.562. The standard InChI is InChI=1S/C16H22BrN3O/c1-10-6-12(18-2)4-5-15(10)20-9-11-7-13(17)16(21-3)8-14(11)19-20/h7-10,12,15,18H,4-6H2,1-3H3/t10-,12?,15-/m1/s1. The number of fused-ring (bicyclic) bond motifs is 1. The fourth-order valence-electron chi connectivity index (χ4n) is 3.41. The number of hydrogen-bond acceptors (Lipinski definition) is 3. The molecule has 1 aliphatic carbocycles. The summed E-state index contributed by atoms with van der Waals surface area (Å²) in [6.45, 7) is 2.33. The molecule has 1 unspecified atom stereocenters. The van der Waals surface area contributed by atoms with Crippen molar-refractivity contribution < 1.29 is 4.74 Å². The first kappa shape index (κ1) is 14.9. The Kier molecular flexibility index (Phi) is 4.22. The second-order valence-corrected chi connectivity index (χ2v) is 6.85. The van der Waals surface area contributed by atoms with Crippen LogP contribution in [0.25, 0.3) is 10.9 Å². The molecular formula is C16H22BrN3O. The van der Waals surface area contributed by atoms with Gasteiger partial charge in [-0.05, 0) is 54.2 Å². The maximum atomic E-state index is 5.35. The van der Waals surface area contributed by atoms with Crippen molar-refractivity contribution in [2.45, 2.75) is 38.3 Å². The van der Waals surface area contributed by atoms with Gasteiger partial charge in [0.1, 0.15) is 5.75 Å². The number of aromatic nitrogens is 2. The van der Waals surface area contributed by atoms with Crippen LogP contribution in [0.4, 0.5) is 0 Å². The average molecular weight is 352 g/mol. The highest BCUT2D eigenvalue weighted by atomic mass is 79.9. The van der Waals surface area contributed by atoms with Crippen molar-refractivity contribution in [3.8, 4) is 5.75 Å². The van der Waals surface area contributed by atoms with Gasteiger partial charge in [0.25, 0.3) is 0 Å². The molecule has 1 aromatic carbocycles. The first-order valence-corrected chi connectivity index (χ1v) is 8.31. The van der Waals surface area contributed by atoms with Gasteiger partial charge in [0.2, 0.25) is 0 Å². The minimum absolute atomic E-state index is 0.492. The van der Waals surface area contributed by atoms with Crippen molar-refractivity contribution in [1.29, 1.82) is 0 Å². The van der Waals surface area contributed by atoms with Crippen molar-refractivity contribution >= 4 is 26.8 Å². The van der Waals surface area contributed by atoms with Gasteiger partial charge in [-0.25, -0.2) is 0 Å². The molecule has 0 aliphatic heterocycles. The van der Waals surface area contributed by atoms with Crippen LogP contribution in [0.2, 0.25) is 0 Å². The Morgan fingerprint density at radius 1 is 1.38 bits per heavy atom. The van der Waals surface area contributed by atoms with Crippen LogP contribution in [0.3, 0.4) is 0 Å². The van der Waals surface area contributed by atoms with E-state index in [4.69, 9.17) is 9.84 Å². The van der Waals surface area contributed by atoms with Gasteiger partial charge in [-0.15, -0.1) is 0 Å². The zero-order valence-corrected chi connectivity index (χ0v) is 14.4. The Bertz CT molecular complexity index is 640. The maximum absolute atomic E-state index is 5.35. The maximum Gasteiger partial charge on any atom is 0.135 e. The summed E-state index contributed by atoms with van der Waals surface area (Å²) in [4.78, 5) is 0. The van der Waals surface area contributed by atoms with Gasteiger partial charge >= 0.3 is 0 Å². The second kappa shape index (κ2) is 5.97. The third-order valence-corrected chi connectivity index (χ3v) is 5.29. The highest BCUT2D eigenvalue weighted by Gasteiger charge is 2.28. The lowest BCUT2D eigenvalue weighted by Crippen LogP contribution is -2.35. The lowest BCUT2D eigenvalue weighted by molar-refractivity contribution is 0.207. The average Bonchev–Trinajstić information content (AvgIpc) is 2.88. The number of halogens is 1. The Balaban J connectivity index is 1.91. The van der Waals surface area contributed by atoms with Gasteiger partial charge in [0.15, 0.2) is 0 Å². The number of hydrogen-bond donors (Lipinski definition) is 1. The van der Waals surface area contributed by atoms with Crippen molar-refractivity contribution in [1.82, 2.24) is 15.1 Å². The van der Waals surface area contributed by atoms with Crippen molar-refractivity contribution in [2.24, 2.45) is 5.92 Å². The largest absolute Gasteiger partial charge is 0.495 e. The van der Waals surface area contributed by atoms with Crippen LogP contribution in [-0.2, 0) is 0 Å². The third-order valence-electron chi connectivity index (χ3n) is 4.67. The normalized spacial score (nSPS) is 26.2. The van der Waals surface area contributed by atoms with Crippen LogP contribution in [0.5, 0.6) is 5.75 Å². The minimum Gasteiger partial charge on any atom is -0.495 e. The monoisotopic (exact) mass is 351 g/mol. The zero-order valence-electron chi connectivity index (χ0n) is 12.8. The fourth-order valence-corrected chi connectivity index (χ4v) is 3.93. The molecule has 1 fully saturated rings. The first-order valence-electron chi connectivity index (χ1n) is 7.52. The summed E-state index contributed by atoms with van der Waals surface area (Å²) in [7, 11) is 3.74. The molecule has 2 aromatic rings. The topological polar surface area (TPSA) is 39.1 Å². The zero-order chi connectivity index (χ0) is 15.0. The van der Waals surface area contributed by atoms with E-state index in [0.717, 1.165) is 21.1 Å². The molecule has 114 valence electrons. The predicted molar refractivity (Wildman–Crippen MR) is 88.9 cm³/mol. The van der Waals surface area contributed by atoms with E-state index in [0.29, 0.717) is 18.0 Å². The van der Waals surface area contributed by atoms with E-state index in [1.54, 1.807) is 7.11 Å². The molecule has 0 amide bonds. The molecule has 1 aromatic heterocycles. The van der Waals surface area contributed by atoms with Crippen molar-refractivity contribution in [3.63, 3.8) is 0 Å². The molecular weight excluding hydrogens is 330 g/mol. The lowest BCUT2D eigenvalue weighted by Gasteiger charge is -2.34. The van der Waals surface area contributed by atoms with Crippen LogP contribution >= 0.6 is 15.9 Å². The van der Waals surface area contributed by atoms with E-state index in [1.165, 1.54) is 19.3 Å². The Morgan fingerprint density at radius 2 is 2.19 bits per heavy atom. The van der Waals surface area contributed by atoms with Crippen LogP contribution < -0.4 is 10.1 Å².